The second-order valence-electron chi connectivity index (χ2n) is 21.4. The summed E-state index contributed by atoms with van der Waals surface area (Å²) in [6, 6.07) is 27.2. The molecule has 0 saturated heterocycles. The summed E-state index contributed by atoms with van der Waals surface area (Å²) >= 11 is 0. The number of hydrogen-bond donors (Lipinski definition) is 6. The number of aliphatic hydroxyl groups is 2. The zero-order valence-corrected chi connectivity index (χ0v) is 44.1. The number of benzene rings is 5. The predicted octanol–water partition coefficient (Wildman–Crippen LogP) is 11.2. The normalized spacial score (nSPS) is 24.8. The number of ether oxygens (including phenoxy) is 2. The molecular formula is C61H71N2O8S2-. The van der Waals surface area contributed by atoms with E-state index in [9.17, 15) is 25.5 Å². The number of phenolic OH excluding ortho intramolecular Hbond substituents is 3. The van der Waals surface area contributed by atoms with Gasteiger partial charge in [-0.25, -0.2) is 0 Å². The summed E-state index contributed by atoms with van der Waals surface area (Å²) in [5, 5.41) is 67.2. The number of aromatic hydroxyl groups is 3. The Labute approximate surface area is 438 Å². The zero-order chi connectivity index (χ0) is 50.9. The summed E-state index contributed by atoms with van der Waals surface area (Å²) in [6.07, 6.45) is 12.2. The van der Waals surface area contributed by atoms with Gasteiger partial charge >= 0.3 is 0 Å². The fraction of sp³-hybridized carbons (Fsp3) is 0.459. The fourth-order valence-electron chi connectivity index (χ4n) is 13.4. The summed E-state index contributed by atoms with van der Waals surface area (Å²) in [6.45, 7) is 2.17. The van der Waals surface area contributed by atoms with Gasteiger partial charge in [-0.1, -0.05) is 108 Å². The Balaban J connectivity index is 1.15. The molecule has 4 aliphatic rings. The highest BCUT2D eigenvalue weighted by Gasteiger charge is 2.58. The van der Waals surface area contributed by atoms with E-state index in [2.05, 4.69) is 47.6 Å². The number of Topliss-reactive ketones (excluding diaryl/α,β-unsaturated/α-hetero) is 1. The molecule has 1 aromatic heterocycles. The smallest absolute Gasteiger partial charge is 0.164 e. The molecule has 6 N–H and O–H groups in total. The van der Waals surface area contributed by atoms with E-state index < -0.39 is 40.9 Å². The van der Waals surface area contributed by atoms with Crippen LogP contribution in [0.15, 0.2) is 97.3 Å². The SMILES string of the molecule is CCc1ccc2cccc3c2c1Cc1c(ccc(O)c1OC)C[C@@H](Cc1cc[n-]c1)[C@H](O)[C@@H]1C(=O)[C@@](Cc2ccc(O)c(OC4CCCC4)c2)(c2cc(O)cc(C4(NC)CCCCC4)c2)[C@@H](O)C[C@H]1CSSC3. The molecule has 10 nitrogen and oxygen atoms in total. The topological polar surface area (TPSA) is 163 Å². The minimum absolute atomic E-state index is 0.0115. The van der Waals surface area contributed by atoms with Gasteiger partial charge in [0.1, 0.15) is 5.75 Å². The van der Waals surface area contributed by atoms with Gasteiger partial charge < -0.3 is 45.3 Å². The Hall–Kier alpha value is -5.11. The number of carbonyl (C=O) groups is 1. The third kappa shape index (κ3) is 10.1. The Morgan fingerprint density at radius 1 is 0.822 bits per heavy atom. The van der Waals surface area contributed by atoms with Crippen molar-refractivity contribution in [2.45, 2.75) is 138 Å². The van der Waals surface area contributed by atoms with Crippen molar-refractivity contribution in [1.82, 2.24) is 10.3 Å². The first kappa shape index (κ1) is 51.4. The third-order valence-electron chi connectivity index (χ3n) is 17.3. The van der Waals surface area contributed by atoms with Gasteiger partial charge in [-0.05, 0) is 170 Å². The van der Waals surface area contributed by atoms with Crippen LogP contribution in [0.25, 0.3) is 10.8 Å². The quantitative estimate of drug-likeness (QED) is 0.0682. The van der Waals surface area contributed by atoms with Gasteiger partial charge in [-0.3, -0.25) is 4.79 Å². The predicted molar refractivity (Wildman–Crippen MR) is 292 cm³/mol. The molecule has 5 aromatic carbocycles. The second kappa shape index (κ2) is 22.0. The van der Waals surface area contributed by atoms with Gasteiger partial charge in [-0.2, -0.15) is 12.4 Å². The van der Waals surface area contributed by atoms with E-state index in [0.717, 1.165) is 91.8 Å². The van der Waals surface area contributed by atoms with Crippen molar-refractivity contribution in [2.24, 2.45) is 17.8 Å². The van der Waals surface area contributed by atoms with Crippen LogP contribution in [0.2, 0.25) is 0 Å². The minimum atomic E-state index is -1.63. The molecule has 6 atom stereocenters. The summed E-state index contributed by atoms with van der Waals surface area (Å²) in [7, 11) is 6.95. The van der Waals surface area contributed by atoms with Crippen LogP contribution in [0.5, 0.6) is 28.7 Å². The van der Waals surface area contributed by atoms with E-state index in [4.69, 9.17) is 9.47 Å². The Morgan fingerprint density at radius 2 is 1.62 bits per heavy atom. The lowest BCUT2D eigenvalue weighted by Crippen LogP contribution is -2.61. The lowest BCUT2D eigenvalue weighted by molar-refractivity contribution is -0.149. The molecule has 386 valence electrons. The molecule has 6 aromatic rings. The number of rotatable bonds is 11. The van der Waals surface area contributed by atoms with Crippen LogP contribution < -0.4 is 19.8 Å². The number of methoxy groups -OCH3 is 1. The fourth-order valence-corrected chi connectivity index (χ4v) is 15.9. The maximum atomic E-state index is 16.8. The van der Waals surface area contributed by atoms with Crippen LogP contribution in [-0.4, -0.2) is 69.5 Å². The van der Waals surface area contributed by atoms with Gasteiger partial charge in [0.15, 0.2) is 28.8 Å². The van der Waals surface area contributed by atoms with E-state index >= 15 is 4.79 Å². The number of hydrogen-bond acceptors (Lipinski definition) is 11. The summed E-state index contributed by atoms with van der Waals surface area (Å²) in [5.41, 5.74) is 6.25. The Kier molecular flexibility index (Phi) is 15.5. The molecule has 0 amide bonds. The number of phenols is 3. The van der Waals surface area contributed by atoms with Crippen LogP contribution in [-0.2, 0) is 53.6 Å². The minimum Gasteiger partial charge on any atom is -0.670 e. The number of aliphatic hydroxyl groups excluding tert-OH is 2. The lowest BCUT2D eigenvalue weighted by atomic mass is 9.55. The molecule has 3 aliphatic carbocycles. The molecule has 3 fully saturated rings. The number of nitrogens with zero attached hydrogens (tertiary/aromatic N) is 1. The maximum Gasteiger partial charge on any atom is 0.164 e. The van der Waals surface area contributed by atoms with Crippen LogP contribution in [0.1, 0.15) is 121 Å². The number of fused-ring (bicyclic) bond motifs is 2. The molecule has 3 saturated carbocycles. The molecule has 0 spiro atoms. The van der Waals surface area contributed by atoms with Crippen molar-refractivity contribution < 1.29 is 39.8 Å². The number of aromatic nitrogens is 1. The molecule has 73 heavy (non-hydrogen) atoms. The average molecular weight is 1020 g/mol. The second-order valence-corrected chi connectivity index (χ2v) is 23.9. The highest BCUT2D eigenvalue weighted by atomic mass is 33.1. The van der Waals surface area contributed by atoms with Crippen LogP contribution in [0.4, 0.5) is 0 Å². The Morgan fingerprint density at radius 3 is 2.37 bits per heavy atom. The van der Waals surface area contributed by atoms with E-state index in [1.165, 1.54) is 22.1 Å². The maximum absolute atomic E-state index is 16.8. The first-order chi connectivity index (χ1) is 35.4. The van der Waals surface area contributed by atoms with Crippen molar-refractivity contribution >= 4 is 38.1 Å². The van der Waals surface area contributed by atoms with E-state index in [1.54, 1.807) is 65.2 Å². The largest absolute Gasteiger partial charge is 0.670 e. The molecule has 0 bridgehead atoms. The highest BCUT2D eigenvalue weighted by molar-refractivity contribution is 8.76. The average Bonchev–Trinajstić information content (AvgIpc) is 4.13. The van der Waals surface area contributed by atoms with Crippen LogP contribution >= 0.6 is 21.6 Å². The molecule has 10 rings (SSSR count). The van der Waals surface area contributed by atoms with Gasteiger partial charge in [0.05, 0.1) is 30.8 Å². The highest BCUT2D eigenvalue weighted by Crippen LogP contribution is 2.52. The molecule has 1 aliphatic heterocycles. The first-order valence-corrected chi connectivity index (χ1v) is 29.1. The molecule has 0 radical (unpaired) electrons. The molecule has 2 heterocycles. The van der Waals surface area contributed by atoms with Crippen LogP contribution in [0, 0.1) is 17.8 Å². The Bertz CT molecular complexity index is 2910. The summed E-state index contributed by atoms with van der Waals surface area (Å²) in [5.74, 6) is -0.198. The summed E-state index contributed by atoms with van der Waals surface area (Å²) in [4.78, 5) is 21.2. The lowest BCUT2D eigenvalue weighted by Gasteiger charge is -2.50. The van der Waals surface area contributed by atoms with Gasteiger partial charge in [0, 0.05) is 34.9 Å². The van der Waals surface area contributed by atoms with Crippen molar-refractivity contribution in [3.05, 3.63) is 147 Å². The first-order valence-electron chi connectivity index (χ1n) is 26.6. The number of aryl methyl sites for hydroxylation is 1. The van der Waals surface area contributed by atoms with Crippen molar-refractivity contribution in [2.75, 3.05) is 19.9 Å². The molecule has 12 heteroatoms. The molecular weight excluding hydrogens is 953 g/mol. The van der Waals surface area contributed by atoms with E-state index in [1.807, 2.05) is 37.5 Å². The number of nitrogens with one attached hydrogen (secondary N) is 1. The monoisotopic (exact) mass is 1020 g/mol. The van der Waals surface area contributed by atoms with E-state index in [-0.39, 0.29) is 42.0 Å². The van der Waals surface area contributed by atoms with Crippen molar-refractivity contribution in [3.63, 3.8) is 0 Å². The third-order valence-corrected chi connectivity index (χ3v) is 19.7. The van der Waals surface area contributed by atoms with E-state index in [0.29, 0.717) is 53.4 Å². The zero-order valence-electron chi connectivity index (χ0n) is 42.4. The summed E-state index contributed by atoms with van der Waals surface area (Å²) < 4.78 is 12.5. The van der Waals surface area contributed by atoms with Crippen molar-refractivity contribution in [1.29, 1.82) is 0 Å². The van der Waals surface area contributed by atoms with Gasteiger partial charge in [-0.15, -0.1) is 0 Å². The van der Waals surface area contributed by atoms with Gasteiger partial charge in [0.2, 0.25) is 0 Å². The van der Waals surface area contributed by atoms with Crippen molar-refractivity contribution in [3.8, 4) is 28.7 Å². The standard InChI is InChI=1S/C61H71N2O8S2/c1-4-39-16-17-40-11-10-12-42-35-72-73-36-44-28-54(67)61(33-37-15-19-51(65)53(26-37)71-48-13-6-7-14-48,46-29-45(30-47(64)31-46)60(62-2)22-8-5-9-23-60)59(69)56(44)57(68)43(25-38-21-24-63-34-38)27-41-18-20-52(66)58(70-3)50(41)32-49(39)55(40)42/h10-12,15-21,24,26,29-31,34,43-44,48,54,56-57,62,64-68H,4-9,13-14,22-23,25,27-28,32-33,35-36H2,1-3H3/q-1/t43-,44+,54+,56-,57+,61+/m1/s1. The van der Waals surface area contributed by atoms with Crippen LogP contribution in [0.3, 0.4) is 0 Å². The molecule has 0 unspecified atom stereocenters. The number of ketones is 1. The number of carbonyl (C=O) groups excluding carboxylic acids is 1. The van der Waals surface area contributed by atoms with Gasteiger partial charge in [0.25, 0.3) is 0 Å².